The molecule has 0 unspecified atom stereocenters. The smallest absolute Gasteiger partial charge is 0.266 e. The van der Waals surface area contributed by atoms with E-state index >= 15 is 0 Å². The Labute approximate surface area is 51.9 Å². The van der Waals surface area contributed by atoms with Crippen molar-refractivity contribution in [3.05, 3.63) is 0 Å². The van der Waals surface area contributed by atoms with Crippen molar-refractivity contribution in [2.24, 2.45) is 5.11 Å². The minimum atomic E-state index is -3.93. The molecule has 6 nitrogen and oxygen atoms in total. The number of hydrogen-bond acceptors (Lipinski definition) is 4. The normalized spacial score (nSPS) is 10.3. The van der Waals surface area contributed by atoms with Gasteiger partial charge in [0, 0.05) is 0 Å². The van der Waals surface area contributed by atoms with Crippen LogP contribution in [0.5, 0.6) is 0 Å². The van der Waals surface area contributed by atoms with Gasteiger partial charge < -0.3 is 0 Å². The maximum Gasteiger partial charge on any atom is 0.266 e. The summed E-state index contributed by atoms with van der Waals surface area (Å²) in [5, 5.41) is 3.01. The zero-order chi connectivity index (χ0) is 7.33. The Kier molecular flexibility index (Phi) is 3.00. The monoisotopic (exact) mass is 152 g/mol. The highest BCUT2D eigenvalue weighted by atomic mass is 32.2. The maximum absolute atomic E-state index is 9.90. The molecular weight excluding hydrogens is 146 g/mol. The second-order valence-electron chi connectivity index (χ2n) is 1.25. The average Bonchev–Trinajstić information content (AvgIpc) is 1.63. The molecule has 0 saturated carbocycles. The Morgan fingerprint density at radius 3 is 2.56 bits per heavy atom. The van der Waals surface area contributed by atoms with Gasteiger partial charge in [0.05, 0.1) is 0 Å². The highest BCUT2D eigenvalue weighted by Crippen LogP contribution is 1.79. The number of nitrogens with one attached hydrogen (secondary N) is 1. The summed E-state index contributed by atoms with van der Waals surface area (Å²) < 4.78 is 27.9. The Morgan fingerprint density at radius 1 is 1.67 bits per heavy atom. The molecule has 0 atom stereocenters. The van der Waals surface area contributed by atoms with Gasteiger partial charge in [0.15, 0.2) is 0 Å². The Bertz CT molecular complexity index is 213. The van der Waals surface area contributed by atoms with Gasteiger partial charge in [0.25, 0.3) is 10.1 Å². The van der Waals surface area contributed by atoms with E-state index in [1.54, 1.807) is 0 Å². The summed E-state index contributed by atoms with van der Waals surface area (Å²) in [4.78, 5) is 2.54. The van der Waals surface area contributed by atoms with Crippen LogP contribution in [-0.2, 0) is 10.1 Å². The van der Waals surface area contributed by atoms with Gasteiger partial charge in [-0.05, 0) is 0 Å². The molecule has 0 saturated heterocycles. The van der Waals surface area contributed by atoms with Crippen LogP contribution in [0.3, 0.4) is 0 Å². The first kappa shape index (κ1) is 8.22. The topological polar surface area (TPSA) is 105 Å². The lowest BCUT2D eigenvalue weighted by Crippen LogP contribution is -2.06. The fraction of sp³-hybridized carbons (Fsp3) is 1.00. The lowest BCUT2D eigenvalue weighted by atomic mass is 10.8. The second-order valence-corrected chi connectivity index (χ2v) is 2.82. The lowest BCUT2D eigenvalue weighted by molar-refractivity contribution is 0.483. The zero-order valence-corrected chi connectivity index (χ0v) is 5.30. The summed E-state index contributed by atoms with van der Waals surface area (Å²) in [6, 6.07) is 0. The molecule has 0 aliphatic rings. The van der Waals surface area contributed by atoms with E-state index < -0.39 is 15.9 Å². The van der Waals surface area contributed by atoms with Gasteiger partial charge in [-0.3, -0.25) is 4.55 Å². The lowest BCUT2D eigenvalue weighted by Gasteiger charge is -1.83. The van der Waals surface area contributed by atoms with Crippen molar-refractivity contribution in [2.45, 2.75) is 0 Å². The van der Waals surface area contributed by atoms with Crippen molar-refractivity contribution in [3.63, 3.8) is 0 Å². The minimum Gasteiger partial charge on any atom is -0.285 e. The third-order valence-corrected chi connectivity index (χ3v) is 1.22. The Morgan fingerprint density at radius 2 is 2.22 bits per heavy atom. The highest BCUT2D eigenvalue weighted by molar-refractivity contribution is 7.85. The summed E-state index contributed by atoms with van der Waals surface area (Å²) in [5.74, 6) is -0.477. The SMILES string of the molecule is N=[N+]=NCCS(=O)(=O)O. The van der Waals surface area contributed by atoms with Gasteiger partial charge in [0.1, 0.15) is 22.9 Å². The molecule has 0 rings (SSSR count). The molecule has 0 radical (unpaired) electrons. The number of nitrogens with zero attached hydrogens (tertiary/aromatic N) is 2. The molecule has 0 amide bonds. The number of rotatable bonds is 3. The maximum atomic E-state index is 9.90. The van der Waals surface area contributed by atoms with Gasteiger partial charge >= 0.3 is 0 Å². The molecule has 7 heteroatoms. The van der Waals surface area contributed by atoms with Gasteiger partial charge in [0.2, 0.25) is 4.91 Å². The summed E-state index contributed by atoms with van der Waals surface area (Å²) >= 11 is 0. The molecule has 0 heterocycles. The van der Waals surface area contributed by atoms with Crippen LogP contribution in [0.1, 0.15) is 0 Å². The molecule has 9 heavy (non-hydrogen) atoms. The molecule has 0 spiro atoms. The van der Waals surface area contributed by atoms with Crippen LogP contribution >= 0.6 is 0 Å². The first-order chi connectivity index (χ1) is 4.06. The first-order valence-electron chi connectivity index (χ1n) is 2.04. The van der Waals surface area contributed by atoms with Crippen LogP contribution < -0.4 is 4.91 Å². The largest absolute Gasteiger partial charge is 0.285 e. The quantitative estimate of drug-likeness (QED) is 0.321. The van der Waals surface area contributed by atoms with Crippen LogP contribution in [0.4, 0.5) is 0 Å². The summed E-state index contributed by atoms with van der Waals surface area (Å²) in [6.07, 6.45) is 0. The van der Waals surface area contributed by atoms with Crippen LogP contribution in [0.2, 0.25) is 0 Å². The zero-order valence-electron chi connectivity index (χ0n) is 4.48. The number of hydrogen-bond donors (Lipinski definition) is 2. The van der Waals surface area contributed by atoms with E-state index in [1.165, 1.54) is 0 Å². The van der Waals surface area contributed by atoms with Gasteiger partial charge in [-0.15, -0.1) is 0 Å². The molecule has 0 aliphatic carbocycles. The van der Waals surface area contributed by atoms with E-state index in [0.29, 0.717) is 0 Å². The minimum absolute atomic E-state index is 0.164. The van der Waals surface area contributed by atoms with Gasteiger partial charge in [-0.1, -0.05) is 0 Å². The summed E-state index contributed by atoms with van der Waals surface area (Å²) in [7, 11) is -3.93. The van der Waals surface area contributed by atoms with Crippen molar-refractivity contribution in [3.8, 4) is 0 Å². The van der Waals surface area contributed by atoms with E-state index in [9.17, 15) is 8.42 Å². The van der Waals surface area contributed by atoms with Gasteiger partial charge in [-0.25, -0.2) is 0 Å². The molecule has 52 valence electrons. The predicted octanol–water partition coefficient (Wildman–Crippen LogP) is -0.575. The molecule has 0 bridgehead atoms. The van der Waals surface area contributed by atoms with Crippen LogP contribution in [0.25, 0.3) is 0 Å². The fourth-order valence-electron chi connectivity index (χ4n) is 0.206. The predicted molar refractivity (Wildman–Crippen MR) is 28.6 cm³/mol. The van der Waals surface area contributed by atoms with Crippen LogP contribution in [0, 0.1) is 5.53 Å². The van der Waals surface area contributed by atoms with E-state index in [1.807, 2.05) is 0 Å². The first-order valence-corrected chi connectivity index (χ1v) is 3.65. The molecule has 2 N–H and O–H groups in total. The molecule has 0 aromatic rings. The van der Waals surface area contributed by atoms with Crippen LogP contribution in [-0.4, -0.2) is 25.3 Å². The van der Waals surface area contributed by atoms with Crippen molar-refractivity contribution >= 4 is 10.1 Å². The van der Waals surface area contributed by atoms with Crippen molar-refractivity contribution < 1.29 is 13.0 Å². The molecule has 0 aromatic carbocycles. The average molecular weight is 152 g/mol. The van der Waals surface area contributed by atoms with Crippen LogP contribution in [0.15, 0.2) is 5.11 Å². The summed E-state index contributed by atoms with van der Waals surface area (Å²) in [6.45, 7) is -0.164. The molecular formula is C2H6N3O3S+. The standard InChI is InChI=1S/C2H5N3O3S/c3-5-4-1-2-9(6,7)8/h3H,1-2H2/p+1. The van der Waals surface area contributed by atoms with E-state index in [2.05, 4.69) is 10.0 Å². The Balaban J connectivity index is 3.66. The van der Waals surface area contributed by atoms with Crippen molar-refractivity contribution in [1.82, 2.24) is 4.91 Å². The van der Waals surface area contributed by atoms with Gasteiger partial charge in [-0.2, -0.15) is 8.42 Å². The van der Waals surface area contributed by atoms with E-state index in [-0.39, 0.29) is 6.54 Å². The fourth-order valence-corrected chi connectivity index (χ4v) is 0.519. The third kappa shape index (κ3) is 7.22. The van der Waals surface area contributed by atoms with E-state index in [4.69, 9.17) is 10.1 Å². The van der Waals surface area contributed by atoms with Crippen molar-refractivity contribution in [1.29, 1.82) is 5.53 Å². The van der Waals surface area contributed by atoms with Crippen molar-refractivity contribution in [2.75, 3.05) is 12.3 Å². The third-order valence-electron chi connectivity index (χ3n) is 0.520. The molecule has 0 aliphatic heterocycles. The Hall–Kier alpha value is -0.780. The van der Waals surface area contributed by atoms with E-state index in [0.717, 1.165) is 0 Å². The highest BCUT2D eigenvalue weighted by Gasteiger charge is 2.03. The molecule has 0 aromatic heterocycles. The second kappa shape index (κ2) is 3.29. The summed E-state index contributed by atoms with van der Waals surface area (Å²) in [5.41, 5.74) is 6.09. The molecule has 0 fully saturated rings.